The summed E-state index contributed by atoms with van der Waals surface area (Å²) in [6.07, 6.45) is 1.28. The van der Waals surface area contributed by atoms with Crippen LogP contribution in [-0.2, 0) is 4.74 Å². The first-order valence-corrected chi connectivity index (χ1v) is 9.19. The Morgan fingerprint density at radius 1 is 1.21 bits per heavy atom. The van der Waals surface area contributed by atoms with Crippen molar-refractivity contribution in [3.8, 4) is 0 Å². The highest BCUT2D eigenvalue weighted by Gasteiger charge is 2.25. The lowest BCUT2D eigenvalue weighted by atomic mass is 10.1. The molecule has 28 heavy (non-hydrogen) atoms. The summed E-state index contributed by atoms with van der Waals surface area (Å²) in [6, 6.07) is 9.66. The predicted octanol–water partition coefficient (Wildman–Crippen LogP) is 2.14. The Morgan fingerprint density at radius 3 is 2.46 bits per heavy atom. The van der Waals surface area contributed by atoms with Crippen molar-refractivity contribution >= 4 is 11.9 Å². The summed E-state index contributed by atoms with van der Waals surface area (Å²) in [7, 11) is 3.35. The van der Waals surface area contributed by atoms with Crippen LogP contribution in [-0.4, -0.2) is 68.5 Å². The van der Waals surface area contributed by atoms with Gasteiger partial charge >= 0.3 is 0 Å². The summed E-state index contributed by atoms with van der Waals surface area (Å²) in [5, 5.41) is 3.31. The van der Waals surface area contributed by atoms with E-state index in [0.29, 0.717) is 38.5 Å². The number of carbonyl (C=O) groups is 1. The van der Waals surface area contributed by atoms with E-state index < -0.39 is 0 Å². The standard InChI is InChI=1S/C20H25FN4O3/c1-22-20(23-14-18(27-2)15-5-7-16(21)8-6-15)25-11-9-24(10-12-25)19(26)17-4-3-13-28-17/h3-8,13,18H,9-12,14H2,1-2H3,(H,22,23). The third kappa shape index (κ3) is 4.69. The molecule has 1 aromatic carbocycles. The lowest BCUT2D eigenvalue weighted by Crippen LogP contribution is -2.54. The SMILES string of the molecule is CN=C(NCC(OC)c1ccc(F)cc1)N1CCN(C(=O)c2ccco2)CC1. The number of nitrogens with one attached hydrogen (secondary N) is 1. The topological polar surface area (TPSA) is 70.3 Å². The van der Waals surface area contributed by atoms with Crippen LogP contribution in [0.1, 0.15) is 22.2 Å². The summed E-state index contributed by atoms with van der Waals surface area (Å²) in [6.45, 7) is 3.01. The number of halogens is 1. The second-order valence-corrected chi connectivity index (χ2v) is 6.46. The number of ether oxygens (including phenoxy) is 1. The predicted molar refractivity (Wildman–Crippen MR) is 104 cm³/mol. The third-order valence-electron chi connectivity index (χ3n) is 4.78. The van der Waals surface area contributed by atoms with Gasteiger partial charge in [0.1, 0.15) is 5.82 Å². The van der Waals surface area contributed by atoms with Crippen LogP contribution in [0, 0.1) is 5.82 Å². The van der Waals surface area contributed by atoms with E-state index in [9.17, 15) is 9.18 Å². The van der Waals surface area contributed by atoms with Crippen molar-refractivity contribution in [2.75, 3.05) is 46.9 Å². The molecule has 1 saturated heterocycles. The van der Waals surface area contributed by atoms with Gasteiger partial charge in [-0.2, -0.15) is 0 Å². The molecule has 0 radical (unpaired) electrons. The molecule has 0 spiro atoms. The smallest absolute Gasteiger partial charge is 0.289 e. The zero-order valence-corrected chi connectivity index (χ0v) is 16.1. The minimum Gasteiger partial charge on any atom is -0.459 e. The molecule has 1 amide bonds. The molecule has 8 heteroatoms. The van der Waals surface area contributed by atoms with Gasteiger partial charge in [0.15, 0.2) is 11.7 Å². The Labute approximate surface area is 163 Å². The average Bonchev–Trinajstić information content (AvgIpc) is 3.27. The second kappa shape index (κ2) is 9.36. The average molecular weight is 388 g/mol. The van der Waals surface area contributed by atoms with Gasteiger partial charge in [-0.25, -0.2) is 4.39 Å². The first kappa shape index (κ1) is 19.9. The Balaban J connectivity index is 1.53. The fraction of sp³-hybridized carbons (Fsp3) is 0.400. The van der Waals surface area contributed by atoms with Crippen molar-refractivity contribution in [1.29, 1.82) is 0 Å². The van der Waals surface area contributed by atoms with Crippen molar-refractivity contribution in [2.24, 2.45) is 4.99 Å². The Kier molecular flexibility index (Phi) is 6.65. The normalized spacial score (nSPS) is 16.2. The molecule has 0 saturated carbocycles. The first-order chi connectivity index (χ1) is 13.6. The molecular formula is C20H25FN4O3. The van der Waals surface area contributed by atoms with Crippen LogP contribution in [0.4, 0.5) is 4.39 Å². The van der Waals surface area contributed by atoms with Gasteiger partial charge < -0.3 is 24.3 Å². The molecule has 0 bridgehead atoms. The third-order valence-corrected chi connectivity index (χ3v) is 4.78. The van der Waals surface area contributed by atoms with Gasteiger partial charge in [-0.3, -0.25) is 9.79 Å². The minimum absolute atomic E-state index is 0.0941. The van der Waals surface area contributed by atoms with Crippen molar-refractivity contribution in [1.82, 2.24) is 15.1 Å². The van der Waals surface area contributed by atoms with E-state index in [0.717, 1.165) is 11.5 Å². The van der Waals surface area contributed by atoms with Crippen LogP contribution in [0.15, 0.2) is 52.1 Å². The van der Waals surface area contributed by atoms with E-state index in [2.05, 4.69) is 15.2 Å². The molecule has 1 aliphatic heterocycles. The summed E-state index contributed by atoms with van der Waals surface area (Å²) in [5.41, 5.74) is 0.890. The highest BCUT2D eigenvalue weighted by atomic mass is 19.1. The second-order valence-electron chi connectivity index (χ2n) is 6.46. The highest BCUT2D eigenvalue weighted by molar-refractivity contribution is 5.91. The quantitative estimate of drug-likeness (QED) is 0.628. The van der Waals surface area contributed by atoms with E-state index in [4.69, 9.17) is 9.15 Å². The Hall–Kier alpha value is -2.87. The number of aliphatic imine (C=N–C) groups is 1. The lowest BCUT2D eigenvalue weighted by molar-refractivity contribution is 0.0656. The number of piperazine rings is 1. The van der Waals surface area contributed by atoms with Crippen LogP contribution in [0.5, 0.6) is 0 Å². The molecule has 2 heterocycles. The molecule has 1 unspecified atom stereocenters. The Bertz CT molecular complexity index is 784. The van der Waals surface area contributed by atoms with Crippen molar-refractivity contribution in [3.05, 3.63) is 59.8 Å². The van der Waals surface area contributed by atoms with E-state index in [1.807, 2.05) is 0 Å². The van der Waals surface area contributed by atoms with Gasteiger partial charge in [0.25, 0.3) is 5.91 Å². The summed E-state index contributed by atoms with van der Waals surface area (Å²) in [4.78, 5) is 20.6. The number of methoxy groups -OCH3 is 1. The van der Waals surface area contributed by atoms with Crippen molar-refractivity contribution in [2.45, 2.75) is 6.10 Å². The van der Waals surface area contributed by atoms with Crippen LogP contribution in [0.25, 0.3) is 0 Å². The number of benzene rings is 1. The fourth-order valence-corrected chi connectivity index (χ4v) is 3.21. The highest BCUT2D eigenvalue weighted by Crippen LogP contribution is 2.16. The number of carbonyl (C=O) groups excluding carboxylic acids is 1. The minimum atomic E-state index is -0.274. The molecule has 2 aromatic rings. The number of amides is 1. The lowest BCUT2D eigenvalue weighted by Gasteiger charge is -2.36. The van der Waals surface area contributed by atoms with Gasteiger partial charge in [0, 0.05) is 46.9 Å². The Morgan fingerprint density at radius 2 is 1.89 bits per heavy atom. The molecule has 1 atom stereocenters. The van der Waals surface area contributed by atoms with Crippen molar-refractivity contribution < 1.29 is 18.3 Å². The van der Waals surface area contributed by atoms with Gasteiger partial charge in [0.2, 0.25) is 0 Å². The zero-order chi connectivity index (χ0) is 19.9. The van der Waals surface area contributed by atoms with Crippen LogP contribution in [0.2, 0.25) is 0 Å². The maximum atomic E-state index is 13.1. The number of rotatable bonds is 5. The zero-order valence-electron chi connectivity index (χ0n) is 16.1. The van der Waals surface area contributed by atoms with E-state index in [-0.39, 0.29) is 17.8 Å². The van der Waals surface area contributed by atoms with Gasteiger partial charge in [-0.15, -0.1) is 0 Å². The molecule has 150 valence electrons. The molecule has 1 N–H and O–H groups in total. The number of nitrogens with zero attached hydrogens (tertiary/aromatic N) is 3. The fourth-order valence-electron chi connectivity index (χ4n) is 3.21. The molecule has 0 aliphatic carbocycles. The molecule has 1 aromatic heterocycles. The molecular weight excluding hydrogens is 363 g/mol. The maximum Gasteiger partial charge on any atom is 0.289 e. The maximum absolute atomic E-state index is 13.1. The van der Waals surface area contributed by atoms with Crippen LogP contribution < -0.4 is 5.32 Å². The number of hydrogen-bond acceptors (Lipinski definition) is 4. The number of hydrogen-bond donors (Lipinski definition) is 1. The van der Waals surface area contributed by atoms with Crippen LogP contribution in [0.3, 0.4) is 0 Å². The first-order valence-electron chi connectivity index (χ1n) is 9.19. The van der Waals surface area contributed by atoms with Crippen molar-refractivity contribution in [3.63, 3.8) is 0 Å². The molecule has 7 nitrogen and oxygen atoms in total. The van der Waals surface area contributed by atoms with E-state index in [1.54, 1.807) is 43.3 Å². The summed E-state index contributed by atoms with van der Waals surface area (Å²) < 4.78 is 23.8. The van der Waals surface area contributed by atoms with Gasteiger partial charge in [0.05, 0.1) is 12.4 Å². The van der Waals surface area contributed by atoms with Gasteiger partial charge in [-0.1, -0.05) is 12.1 Å². The van der Waals surface area contributed by atoms with E-state index in [1.165, 1.54) is 18.4 Å². The van der Waals surface area contributed by atoms with Crippen LogP contribution >= 0.6 is 0 Å². The number of guanidine groups is 1. The van der Waals surface area contributed by atoms with E-state index >= 15 is 0 Å². The largest absolute Gasteiger partial charge is 0.459 e. The summed E-state index contributed by atoms with van der Waals surface area (Å²) in [5.74, 6) is 0.736. The molecule has 3 rings (SSSR count). The molecule has 1 fully saturated rings. The molecule has 1 aliphatic rings. The number of furan rings is 1. The van der Waals surface area contributed by atoms with Gasteiger partial charge in [-0.05, 0) is 29.8 Å². The summed E-state index contributed by atoms with van der Waals surface area (Å²) >= 11 is 0. The monoisotopic (exact) mass is 388 g/mol.